The van der Waals surface area contributed by atoms with E-state index < -0.39 is 168 Å². The molecule has 0 spiro atoms. The molecule has 11 amide bonds. The zero-order valence-corrected chi connectivity index (χ0v) is 60.6. The van der Waals surface area contributed by atoms with Gasteiger partial charge in [0.05, 0.1) is 25.4 Å². The molecule has 93 heavy (non-hydrogen) atoms. The number of likely N-dealkylation sites (N-methyl/N-ethyl adjacent to an activating group) is 7. The van der Waals surface area contributed by atoms with E-state index in [0.29, 0.717) is 12.8 Å². The average Bonchev–Trinajstić information content (AvgIpc) is 0.819. The van der Waals surface area contributed by atoms with Crippen LogP contribution in [0.1, 0.15) is 170 Å². The standard InChI is InChI=1S/C67H119N11O15/c1-25-28-31-43(14)57(81)56-61(85)70-48(26-2)63(87)78(27-3)37-52(80)75(22)55(46(17)92-32-29-30-33-93-47(18)79)60(84)71-53(41(10)11)66(90)72(19)49(34-38(4)5)59(83)68-44(15)58(82)69-45(16)62(86)73(20)50(35-39(6)7)64(88)74(21)51(36-40(8)9)65(89)76(23)54(42(12)13)67(91)77(56)24/h25,28,38-46,48-51,53-57,81H,26-27,29-37H2,1-24H3,(H,68,83)(H,69,82)(H,70,85)(H,71,84)/b28-25+/t43-,44+,45-,46-,48+,49+,50+,51+,53+,54+,55?,56+,57-/m1/s1. The van der Waals surface area contributed by atoms with Crippen LogP contribution in [0.15, 0.2) is 12.2 Å². The minimum absolute atomic E-state index is 0.0177. The zero-order valence-electron chi connectivity index (χ0n) is 60.6. The molecule has 0 saturated carbocycles. The van der Waals surface area contributed by atoms with Gasteiger partial charge >= 0.3 is 5.97 Å². The molecule has 0 aromatic carbocycles. The van der Waals surface area contributed by atoms with Gasteiger partial charge in [-0.1, -0.05) is 95.2 Å². The highest BCUT2D eigenvalue weighted by atomic mass is 16.5. The minimum Gasteiger partial charge on any atom is -0.466 e. The lowest BCUT2D eigenvalue weighted by molar-refractivity contribution is -0.157. The van der Waals surface area contributed by atoms with Crippen LogP contribution >= 0.6 is 0 Å². The van der Waals surface area contributed by atoms with Gasteiger partial charge in [-0.25, -0.2) is 0 Å². The van der Waals surface area contributed by atoms with Crippen LogP contribution in [-0.2, 0) is 67.0 Å². The van der Waals surface area contributed by atoms with Gasteiger partial charge in [0.15, 0.2) is 0 Å². The van der Waals surface area contributed by atoms with E-state index in [1.54, 1.807) is 74.5 Å². The molecule has 13 atom stereocenters. The van der Waals surface area contributed by atoms with Crippen molar-refractivity contribution in [3.63, 3.8) is 0 Å². The van der Waals surface area contributed by atoms with E-state index in [9.17, 15) is 48.3 Å². The number of ether oxygens (including phenoxy) is 2. The number of unbranched alkanes of at least 4 members (excludes halogenated alkanes) is 1. The largest absolute Gasteiger partial charge is 0.466 e. The second kappa shape index (κ2) is 39.9. The Hall–Kier alpha value is -6.70. The number of rotatable bonds is 21. The summed E-state index contributed by atoms with van der Waals surface area (Å²) in [5.41, 5.74) is 0. The van der Waals surface area contributed by atoms with Crippen LogP contribution in [0.25, 0.3) is 0 Å². The third kappa shape index (κ3) is 24.9. The number of amides is 11. The lowest BCUT2D eigenvalue weighted by atomic mass is 9.91. The molecular weight excluding hydrogens is 1200 g/mol. The second-order valence-corrected chi connectivity index (χ2v) is 27.2. The molecule has 0 bridgehead atoms. The van der Waals surface area contributed by atoms with E-state index in [-0.39, 0.29) is 69.6 Å². The molecule has 532 valence electrons. The zero-order chi connectivity index (χ0) is 71.8. The fraction of sp³-hybridized carbons (Fsp3) is 0.791. The molecule has 0 aliphatic carbocycles. The maximum absolute atomic E-state index is 15.3. The van der Waals surface area contributed by atoms with Gasteiger partial charge in [0.25, 0.3) is 0 Å². The van der Waals surface area contributed by atoms with E-state index in [4.69, 9.17) is 9.47 Å². The molecule has 26 heteroatoms. The van der Waals surface area contributed by atoms with E-state index >= 15 is 14.4 Å². The summed E-state index contributed by atoms with van der Waals surface area (Å²) < 4.78 is 11.2. The first kappa shape index (κ1) is 84.3. The molecule has 1 saturated heterocycles. The van der Waals surface area contributed by atoms with Gasteiger partial charge in [0.2, 0.25) is 65.0 Å². The number of allylic oxidation sites excluding steroid dienone is 2. The number of carbonyl (C=O) groups is 12. The minimum atomic E-state index is -1.65. The van der Waals surface area contributed by atoms with E-state index in [2.05, 4.69) is 21.3 Å². The van der Waals surface area contributed by atoms with Crippen molar-refractivity contribution < 1.29 is 72.1 Å². The maximum Gasteiger partial charge on any atom is 0.302 e. The number of aliphatic hydroxyl groups excluding tert-OH is 1. The summed E-state index contributed by atoms with van der Waals surface area (Å²) in [7, 11) is 8.40. The van der Waals surface area contributed by atoms with Crippen molar-refractivity contribution in [2.24, 2.45) is 35.5 Å². The Kier molecular flexibility index (Phi) is 36.1. The maximum atomic E-state index is 15.3. The summed E-state index contributed by atoms with van der Waals surface area (Å²) in [6, 6.07) is -13.1. The van der Waals surface area contributed by atoms with Crippen LogP contribution in [0.4, 0.5) is 0 Å². The highest BCUT2D eigenvalue weighted by molar-refractivity contribution is 5.99. The van der Waals surface area contributed by atoms with E-state index in [1.165, 1.54) is 87.6 Å². The number of nitrogens with one attached hydrogen (secondary N) is 4. The Bertz CT molecular complexity index is 2540. The number of nitrogens with zero attached hydrogens (tertiary/aromatic N) is 7. The lowest BCUT2D eigenvalue weighted by Gasteiger charge is -2.41. The van der Waals surface area contributed by atoms with E-state index in [1.807, 2.05) is 41.5 Å². The molecule has 1 aliphatic heterocycles. The van der Waals surface area contributed by atoms with Gasteiger partial charge in [-0.05, 0) is 115 Å². The molecule has 1 aliphatic rings. The topological polar surface area (TPSA) is 314 Å². The third-order valence-electron chi connectivity index (χ3n) is 17.2. The summed E-state index contributed by atoms with van der Waals surface area (Å²) in [4.78, 5) is 182. The quantitative estimate of drug-likeness (QED) is 0.0625. The molecular formula is C67H119N11O15. The molecule has 0 aromatic heterocycles. The SMILES string of the molecule is C/C=C/C[C@@H](C)[C@@H](O)[C@H]1C(=O)N[C@@H](CC)C(=O)N(CC)CC(=O)N(C)C([C@@H](C)OCCCCOC(C)=O)C(=O)N[C@@H](C(C)C)C(=O)N(C)[C@@H](CC(C)C)C(=O)N[C@@H](C)C(=O)N[C@H](C)C(=O)N(C)[C@@H](CC(C)C)C(=O)N(C)[C@@H](CC(C)C)C(=O)N(C)[C@@H](C(C)C)C(=O)N1C. The van der Waals surface area contributed by atoms with Gasteiger partial charge in [0.1, 0.15) is 60.4 Å². The number of carbonyl (C=O) groups excluding carboxylic acids is 12. The van der Waals surface area contributed by atoms with Crippen LogP contribution in [0.5, 0.6) is 0 Å². The summed E-state index contributed by atoms with van der Waals surface area (Å²) in [5.74, 6) is -10.8. The van der Waals surface area contributed by atoms with Crippen LogP contribution in [0.2, 0.25) is 0 Å². The first-order chi connectivity index (χ1) is 43.2. The van der Waals surface area contributed by atoms with Crippen LogP contribution in [0.3, 0.4) is 0 Å². The van der Waals surface area contributed by atoms with Crippen molar-refractivity contribution in [1.29, 1.82) is 0 Å². The Morgan fingerprint density at radius 3 is 1.49 bits per heavy atom. The molecule has 0 aromatic rings. The lowest BCUT2D eigenvalue weighted by Crippen LogP contribution is -2.63. The first-order valence-electron chi connectivity index (χ1n) is 33.3. The van der Waals surface area contributed by atoms with Gasteiger partial charge in [0, 0.05) is 62.4 Å². The van der Waals surface area contributed by atoms with E-state index in [0.717, 1.165) is 9.80 Å². The first-order valence-corrected chi connectivity index (χ1v) is 33.3. The van der Waals surface area contributed by atoms with Crippen molar-refractivity contribution in [2.75, 3.05) is 68.6 Å². The van der Waals surface area contributed by atoms with Crippen LogP contribution in [0, 0.1) is 35.5 Å². The molecule has 1 heterocycles. The van der Waals surface area contributed by atoms with Crippen LogP contribution in [-0.4, -0.2) is 252 Å². The molecule has 1 rings (SSSR count). The molecule has 5 N–H and O–H groups in total. The summed E-state index contributed by atoms with van der Waals surface area (Å²) in [6.45, 7) is 29.9. The summed E-state index contributed by atoms with van der Waals surface area (Å²) >= 11 is 0. The highest BCUT2D eigenvalue weighted by Crippen LogP contribution is 2.26. The van der Waals surface area contributed by atoms with Crippen molar-refractivity contribution in [3.8, 4) is 0 Å². The predicted octanol–water partition coefficient (Wildman–Crippen LogP) is 3.36. The Morgan fingerprint density at radius 2 is 1.01 bits per heavy atom. The van der Waals surface area contributed by atoms with Crippen molar-refractivity contribution in [3.05, 3.63) is 12.2 Å². The smallest absolute Gasteiger partial charge is 0.302 e. The Morgan fingerprint density at radius 1 is 0.538 bits per heavy atom. The fourth-order valence-corrected chi connectivity index (χ4v) is 11.4. The summed E-state index contributed by atoms with van der Waals surface area (Å²) in [5, 5.41) is 23.2. The molecule has 1 unspecified atom stereocenters. The monoisotopic (exact) mass is 1320 g/mol. The number of esters is 1. The van der Waals surface area contributed by atoms with Gasteiger partial charge < -0.3 is 70.1 Å². The van der Waals surface area contributed by atoms with Gasteiger partial charge in [-0.3, -0.25) is 57.5 Å². The molecule has 1 fully saturated rings. The Labute approximate surface area is 555 Å². The number of hydrogen-bond acceptors (Lipinski definition) is 15. The van der Waals surface area contributed by atoms with Crippen molar-refractivity contribution >= 4 is 70.9 Å². The van der Waals surface area contributed by atoms with Gasteiger partial charge in [-0.15, -0.1) is 0 Å². The van der Waals surface area contributed by atoms with Gasteiger partial charge in [-0.2, -0.15) is 0 Å². The highest BCUT2D eigenvalue weighted by Gasteiger charge is 2.46. The fourth-order valence-electron chi connectivity index (χ4n) is 11.4. The second-order valence-electron chi connectivity index (χ2n) is 27.2. The predicted molar refractivity (Wildman–Crippen MR) is 355 cm³/mol. The molecule has 26 nitrogen and oxygen atoms in total. The molecule has 0 radical (unpaired) electrons. The number of aliphatic hydroxyl groups is 1. The average molecular weight is 1320 g/mol. The summed E-state index contributed by atoms with van der Waals surface area (Å²) in [6.07, 6.45) is 2.44. The number of hydrogen-bond donors (Lipinski definition) is 5. The normalized spacial score (nSPS) is 25.8. The Balaban J connectivity index is 4.43. The van der Waals surface area contributed by atoms with Crippen LogP contribution < -0.4 is 21.3 Å². The third-order valence-corrected chi connectivity index (χ3v) is 17.2. The van der Waals surface area contributed by atoms with Crippen molar-refractivity contribution in [1.82, 2.24) is 55.6 Å². The van der Waals surface area contributed by atoms with Crippen molar-refractivity contribution in [2.45, 2.75) is 242 Å².